The van der Waals surface area contributed by atoms with Gasteiger partial charge in [0.25, 0.3) is 0 Å². The molecule has 1 aliphatic heterocycles. The van der Waals surface area contributed by atoms with Crippen molar-refractivity contribution in [3.63, 3.8) is 0 Å². The van der Waals surface area contributed by atoms with E-state index in [1.165, 1.54) is 18.4 Å². The molecule has 0 amide bonds. The molecule has 4 heteroatoms. The largest absolute Gasteiger partial charge is 0.486 e. The monoisotopic (exact) mass is 278 g/mol. The molecule has 1 aromatic carbocycles. The lowest BCUT2D eigenvalue weighted by atomic mass is 10.0. The van der Waals surface area contributed by atoms with E-state index in [0.717, 1.165) is 31.0 Å². The minimum absolute atomic E-state index is 0.439. The topological polar surface area (TPSA) is 42.5 Å². The third kappa shape index (κ3) is 4.39. The highest BCUT2D eigenvalue weighted by molar-refractivity contribution is 5.44. The Morgan fingerprint density at radius 2 is 2.00 bits per heavy atom. The summed E-state index contributed by atoms with van der Waals surface area (Å²) >= 11 is 0. The predicted molar refractivity (Wildman–Crippen MR) is 81.8 cm³/mol. The van der Waals surface area contributed by atoms with Gasteiger partial charge in [-0.2, -0.15) is 0 Å². The summed E-state index contributed by atoms with van der Waals surface area (Å²) in [5.74, 6) is 1.74. The minimum atomic E-state index is 0.439. The molecule has 0 aliphatic carbocycles. The molecular weight excluding hydrogens is 252 g/mol. The maximum absolute atomic E-state index is 5.63. The first-order valence-corrected chi connectivity index (χ1v) is 7.60. The van der Waals surface area contributed by atoms with E-state index in [-0.39, 0.29) is 0 Å². The van der Waals surface area contributed by atoms with E-state index in [1.807, 2.05) is 13.1 Å². The quantitative estimate of drug-likeness (QED) is 0.714. The van der Waals surface area contributed by atoms with Gasteiger partial charge in [-0.3, -0.25) is 0 Å². The Bertz CT molecular complexity index is 409. The zero-order chi connectivity index (χ0) is 14.2. The van der Waals surface area contributed by atoms with Crippen molar-refractivity contribution in [3.05, 3.63) is 23.8 Å². The van der Waals surface area contributed by atoms with E-state index < -0.39 is 0 Å². The SMILES string of the molecule is CCCCNCC(Cc1ccc2c(c1)OCCO2)NC. The van der Waals surface area contributed by atoms with Gasteiger partial charge >= 0.3 is 0 Å². The highest BCUT2D eigenvalue weighted by atomic mass is 16.6. The van der Waals surface area contributed by atoms with Crippen molar-refractivity contribution in [1.29, 1.82) is 0 Å². The summed E-state index contributed by atoms with van der Waals surface area (Å²) in [4.78, 5) is 0. The Balaban J connectivity index is 1.87. The minimum Gasteiger partial charge on any atom is -0.486 e. The molecule has 1 aliphatic rings. The second kappa shape index (κ2) is 8.12. The van der Waals surface area contributed by atoms with Gasteiger partial charge in [0, 0.05) is 12.6 Å². The van der Waals surface area contributed by atoms with Crippen LogP contribution in [0.4, 0.5) is 0 Å². The van der Waals surface area contributed by atoms with Crippen molar-refractivity contribution in [3.8, 4) is 11.5 Å². The summed E-state index contributed by atoms with van der Waals surface area (Å²) in [7, 11) is 2.02. The number of fused-ring (bicyclic) bond motifs is 1. The molecule has 112 valence electrons. The molecule has 4 nitrogen and oxygen atoms in total. The first-order chi connectivity index (χ1) is 9.83. The molecule has 1 heterocycles. The van der Waals surface area contributed by atoms with Gasteiger partial charge in [0.2, 0.25) is 0 Å². The number of nitrogens with one attached hydrogen (secondary N) is 2. The normalized spacial score (nSPS) is 15.1. The molecule has 0 saturated heterocycles. The third-order valence-corrected chi connectivity index (χ3v) is 3.59. The second-order valence-electron chi connectivity index (χ2n) is 5.23. The number of unbranched alkanes of at least 4 members (excludes halogenated alkanes) is 1. The van der Waals surface area contributed by atoms with Crippen molar-refractivity contribution >= 4 is 0 Å². The van der Waals surface area contributed by atoms with Crippen LogP contribution < -0.4 is 20.1 Å². The van der Waals surface area contributed by atoms with Crippen LogP contribution in [0.25, 0.3) is 0 Å². The van der Waals surface area contributed by atoms with Crippen molar-refractivity contribution in [1.82, 2.24) is 10.6 Å². The Hall–Kier alpha value is -1.26. The molecule has 0 radical (unpaired) electrons. The van der Waals surface area contributed by atoms with Gasteiger partial charge in [-0.25, -0.2) is 0 Å². The van der Waals surface area contributed by atoms with Crippen molar-refractivity contribution in [2.75, 3.05) is 33.4 Å². The fourth-order valence-corrected chi connectivity index (χ4v) is 2.35. The second-order valence-corrected chi connectivity index (χ2v) is 5.23. The van der Waals surface area contributed by atoms with Crippen LogP contribution in [0.15, 0.2) is 18.2 Å². The molecule has 0 spiro atoms. The van der Waals surface area contributed by atoms with Crippen LogP contribution >= 0.6 is 0 Å². The van der Waals surface area contributed by atoms with Gasteiger partial charge in [0.05, 0.1) is 0 Å². The molecule has 20 heavy (non-hydrogen) atoms. The molecular formula is C16H26N2O2. The van der Waals surface area contributed by atoms with Crippen LogP contribution in [0.5, 0.6) is 11.5 Å². The lowest BCUT2D eigenvalue weighted by Crippen LogP contribution is -2.38. The van der Waals surface area contributed by atoms with E-state index in [2.05, 4.69) is 29.7 Å². The number of likely N-dealkylation sites (N-methyl/N-ethyl adjacent to an activating group) is 1. The highest BCUT2D eigenvalue weighted by Gasteiger charge is 2.13. The first-order valence-electron chi connectivity index (χ1n) is 7.60. The highest BCUT2D eigenvalue weighted by Crippen LogP contribution is 2.30. The summed E-state index contributed by atoms with van der Waals surface area (Å²) in [6.45, 7) is 5.59. The van der Waals surface area contributed by atoms with E-state index >= 15 is 0 Å². The van der Waals surface area contributed by atoms with Crippen LogP contribution in [-0.2, 0) is 6.42 Å². The van der Waals surface area contributed by atoms with Crippen molar-refractivity contribution in [2.24, 2.45) is 0 Å². The van der Waals surface area contributed by atoms with Crippen molar-refractivity contribution in [2.45, 2.75) is 32.2 Å². The summed E-state index contributed by atoms with van der Waals surface area (Å²) in [5.41, 5.74) is 1.28. The molecule has 0 fully saturated rings. The maximum Gasteiger partial charge on any atom is 0.161 e. The zero-order valence-electron chi connectivity index (χ0n) is 12.6. The summed E-state index contributed by atoms with van der Waals surface area (Å²) in [6, 6.07) is 6.69. The van der Waals surface area contributed by atoms with E-state index in [9.17, 15) is 0 Å². The molecule has 0 bridgehead atoms. The first kappa shape index (κ1) is 15.1. The molecule has 1 atom stereocenters. The third-order valence-electron chi connectivity index (χ3n) is 3.59. The van der Waals surface area contributed by atoms with Crippen LogP contribution in [0.3, 0.4) is 0 Å². The number of hydrogen-bond donors (Lipinski definition) is 2. The van der Waals surface area contributed by atoms with Crippen LogP contribution in [0.1, 0.15) is 25.3 Å². The van der Waals surface area contributed by atoms with Crippen LogP contribution in [0.2, 0.25) is 0 Å². The lowest BCUT2D eigenvalue weighted by molar-refractivity contribution is 0.171. The Morgan fingerprint density at radius 1 is 1.20 bits per heavy atom. The van der Waals surface area contributed by atoms with Gasteiger partial charge in [-0.05, 0) is 44.1 Å². The smallest absolute Gasteiger partial charge is 0.161 e. The Labute approximate surface area is 121 Å². The maximum atomic E-state index is 5.63. The van der Waals surface area contributed by atoms with Crippen LogP contribution in [0, 0.1) is 0 Å². The fourth-order valence-electron chi connectivity index (χ4n) is 2.35. The molecule has 1 aromatic rings. The average molecular weight is 278 g/mol. The standard InChI is InChI=1S/C16H26N2O2/c1-3-4-7-18-12-14(17-2)10-13-5-6-15-16(11-13)20-9-8-19-15/h5-6,11,14,17-18H,3-4,7-10,12H2,1-2H3. The summed E-state index contributed by atoms with van der Waals surface area (Å²) in [5, 5.41) is 6.87. The van der Waals surface area contributed by atoms with Crippen molar-refractivity contribution < 1.29 is 9.47 Å². The number of rotatable bonds is 8. The van der Waals surface area contributed by atoms with Gasteiger partial charge < -0.3 is 20.1 Å². The van der Waals surface area contributed by atoms with Gasteiger partial charge in [0.1, 0.15) is 13.2 Å². The fraction of sp³-hybridized carbons (Fsp3) is 0.625. The zero-order valence-corrected chi connectivity index (χ0v) is 12.6. The van der Waals surface area contributed by atoms with E-state index in [1.54, 1.807) is 0 Å². The molecule has 0 aromatic heterocycles. The Morgan fingerprint density at radius 3 is 2.75 bits per heavy atom. The van der Waals surface area contributed by atoms with E-state index in [4.69, 9.17) is 9.47 Å². The molecule has 2 N–H and O–H groups in total. The van der Waals surface area contributed by atoms with Gasteiger partial charge in [0.15, 0.2) is 11.5 Å². The Kier molecular flexibility index (Phi) is 6.15. The van der Waals surface area contributed by atoms with Crippen LogP contribution in [-0.4, -0.2) is 39.4 Å². The number of ether oxygens (including phenoxy) is 2. The number of hydrogen-bond acceptors (Lipinski definition) is 4. The number of benzene rings is 1. The lowest BCUT2D eigenvalue weighted by Gasteiger charge is -2.21. The predicted octanol–water partition coefficient (Wildman–Crippen LogP) is 1.98. The van der Waals surface area contributed by atoms with Gasteiger partial charge in [-0.1, -0.05) is 19.4 Å². The molecule has 2 rings (SSSR count). The molecule has 1 unspecified atom stereocenters. The summed E-state index contributed by atoms with van der Waals surface area (Å²) in [6.07, 6.45) is 3.46. The average Bonchev–Trinajstić information content (AvgIpc) is 2.50. The van der Waals surface area contributed by atoms with E-state index in [0.29, 0.717) is 19.3 Å². The van der Waals surface area contributed by atoms with Gasteiger partial charge in [-0.15, -0.1) is 0 Å². The summed E-state index contributed by atoms with van der Waals surface area (Å²) < 4.78 is 11.2. The molecule has 0 saturated carbocycles.